The van der Waals surface area contributed by atoms with E-state index in [1.807, 2.05) is 13.0 Å². The molecule has 164 valence electrons. The number of amides is 2. The number of carbonyl (C=O) groups is 2. The highest BCUT2D eigenvalue weighted by Gasteiger charge is 2.22. The molecule has 0 saturated carbocycles. The molecule has 2 aliphatic heterocycles. The van der Waals surface area contributed by atoms with Gasteiger partial charge in [-0.05, 0) is 42.8 Å². The maximum absolute atomic E-state index is 12.7. The Morgan fingerprint density at radius 2 is 1.81 bits per heavy atom. The van der Waals surface area contributed by atoms with Gasteiger partial charge in [-0.25, -0.2) is 8.42 Å². The van der Waals surface area contributed by atoms with Gasteiger partial charge < -0.3 is 24.8 Å². The first-order chi connectivity index (χ1) is 14.8. The lowest BCUT2D eigenvalue weighted by atomic mass is 10.1. The molecule has 2 aromatic carbocycles. The van der Waals surface area contributed by atoms with Gasteiger partial charge in [0.05, 0.1) is 22.4 Å². The van der Waals surface area contributed by atoms with E-state index in [1.165, 1.54) is 18.2 Å². The Morgan fingerprint density at radius 3 is 2.61 bits per heavy atom. The lowest BCUT2D eigenvalue weighted by Crippen LogP contribution is -2.28. The van der Waals surface area contributed by atoms with E-state index in [4.69, 9.17) is 14.2 Å². The molecule has 2 heterocycles. The van der Waals surface area contributed by atoms with Gasteiger partial charge in [0.15, 0.2) is 27.9 Å². The summed E-state index contributed by atoms with van der Waals surface area (Å²) in [5.41, 5.74) is 1.12. The quantitative estimate of drug-likeness (QED) is 0.695. The molecule has 0 saturated heterocycles. The van der Waals surface area contributed by atoms with Gasteiger partial charge >= 0.3 is 0 Å². The van der Waals surface area contributed by atoms with Gasteiger partial charge in [-0.2, -0.15) is 0 Å². The van der Waals surface area contributed by atoms with Gasteiger partial charge in [-0.3, -0.25) is 9.59 Å². The third-order valence-electron chi connectivity index (χ3n) is 4.98. The number of ether oxygens (including phenoxy) is 3. The van der Waals surface area contributed by atoms with Crippen LogP contribution in [0, 0.1) is 0 Å². The molecule has 10 heteroatoms. The van der Waals surface area contributed by atoms with Crippen LogP contribution in [0.15, 0.2) is 41.3 Å². The van der Waals surface area contributed by atoms with Crippen LogP contribution in [0.5, 0.6) is 17.2 Å². The van der Waals surface area contributed by atoms with E-state index in [2.05, 4.69) is 10.6 Å². The standard InChI is InChI=1S/C21H22N2O7S/c1-13(14-2-4-18-19(10-14)29-8-7-28-18)22-20(24)6-9-31(26,27)15-3-5-17-16(11-15)23-21(25)12-30-17/h2-5,10-11,13H,6-9,12H2,1H3,(H,22,24)(H,23,25)/t13-/m1/s1. The van der Waals surface area contributed by atoms with Crippen LogP contribution in [0.25, 0.3) is 0 Å². The number of benzene rings is 2. The summed E-state index contributed by atoms with van der Waals surface area (Å²) in [5, 5.41) is 5.38. The van der Waals surface area contributed by atoms with Crippen LogP contribution in [0.3, 0.4) is 0 Å². The van der Waals surface area contributed by atoms with Crippen LogP contribution in [0.1, 0.15) is 24.9 Å². The summed E-state index contributed by atoms with van der Waals surface area (Å²) in [6.45, 7) is 2.66. The molecular weight excluding hydrogens is 424 g/mol. The summed E-state index contributed by atoms with van der Waals surface area (Å²) < 4.78 is 41.6. The number of sulfone groups is 1. The largest absolute Gasteiger partial charge is 0.486 e. The monoisotopic (exact) mass is 446 g/mol. The average molecular weight is 446 g/mol. The molecule has 2 aromatic rings. The Balaban J connectivity index is 1.37. The molecule has 2 amide bonds. The van der Waals surface area contributed by atoms with E-state index in [-0.39, 0.29) is 41.5 Å². The molecule has 2 aliphatic rings. The van der Waals surface area contributed by atoms with E-state index in [0.717, 1.165) is 5.56 Å². The fourth-order valence-corrected chi connectivity index (χ4v) is 4.59. The molecule has 0 spiro atoms. The summed E-state index contributed by atoms with van der Waals surface area (Å²) in [7, 11) is -3.72. The minimum Gasteiger partial charge on any atom is -0.486 e. The minimum absolute atomic E-state index is 0.0183. The van der Waals surface area contributed by atoms with Crippen molar-refractivity contribution in [2.45, 2.75) is 24.3 Å². The second kappa shape index (κ2) is 8.46. The Labute approximate surface area is 179 Å². The molecule has 0 aliphatic carbocycles. The first-order valence-corrected chi connectivity index (χ1v) is 11.5. The Bertz CT molecular complexity index is 1130. The number of nitrogens with one attached hydrogen (secondary N) is 2. The van der Waals surface area contributed by atoms with E-state index < -0.39 is 9.84 Å². The first-order valence-electron chi connectivity index (χ1n) is 9.80. The Hall–Kier alpha value is -3.27. The van der Waals surface area contributed by atoms with Crippen molar-refractivity contribution in [1.82, 2.24) is 5.32 Å². The molecule has 4 rings (SSSR count). The topological polar surface area (TPSA) is 120 Å². The fraction of sp³-hybridized carbons (Fsp3) is 0.333. The summed E-state index contributed by atoms with van der Waals surface area (Å²) in [6, 6.07) is 9.33. The zero-order valence-electron chi connectivity index (χ0n) is 16.8. The molecular formula is C21H22N2O7S. The van der Waals surface area contributed by atoms with Crippen molar-refractivity contribution in [2.24, 2.45) is 0 Å². The van der Waals surface area contributed by atoms with Crippen molar-refractivity contribution in [1.29, 1.82) is 0 Å². The molecule has 0 unspecified atom stereocenters. The van der Waals surface area contributed by atoms with E-state index in [9.17, 15) is 18.0 Å². The Morgan fingerprint density at radius 1 is 1.06 bits per heavy atom. The molecule has 2 N–H and O–H groups in total. The first kappa shape index (κ1) is 21.0. The van der Waals surface area contributed by atoms with Crippen LogP contribution in [-0.4, -0.2) is 45.8 Å². The number of carbonyl (C=O) groups excluding carboxylic acids is 2. The minimum atomic E-state index is -3.72. The molecule has 0 fully saturated rings. The zero-order chi connectivity index (χ0) is 22.0. The second-order valence-electron chi connectivity index (χ2n) is 7.26. The highest BCUT2D eigenvalue weighted by molar-refractivity contribution is 7.91. The third-order valence-corrected chi connectivity index (χ3v) is 6.70. The molecule has 31 heavy (non-hydrogen) atoms. The summed E-state index contributed by atoms with van der Waals surface area (Å²) in [5.74, 6) is 0.585. The van der Waals surface area contributed by atoms with Gasteiger partial charge in [0.1, 0.15) is 19.0 Å². The highest BCUT2D eigenvalue weighted by atomic mass is 32.2. The van der Waals surface area contributed by atoms with Gasteiger partial charge in [0, 0.05) is 6.42 Å². The number of hydrogen-bond donors (Lipinski definition) is 2. The Kier molecular flexibility index (Phi) is 5.73. The summed E-state index contributed by atoms with van der Waals surface area (Å²) >= 11 is 0. The second-order valence-corrected chi connectivity index (χ2v) is 9.37. The van der Waals surface area contributed by atoms with Gasteiger partial charge in [0.25, 0.3) is 5.91 Å². The van der Waals surface area contributed by atoms with Crippen molar-refractivity contribution in [3.63, 3.8) is 0 Å². The van der Waals surface area contributed by atoms with Crippen molar-refractivity contribution in [3.05, 3.63) is 42.0 Å². The van der Waals surface area contributed by atoms with E-state index in [0.29, 0.717) is 36.1 Å². The molecule has 1 atom stereocenters. The molecule has 9 nitrogen and oxygen atoms in total. The molecule has 0 bridgehead atoms. The summed E-state index contributed by atoms with van der Waals surface area (Å²) in [6.07, 6.45) is -0.197. The SMILES string of the molecule is C[C@@H](NC(=O)CCS(=O)(=O)c1ccc2c(c1)NC(=O)CO2)c1ccc2c(c1)OCCO2. The van der Waals surface area contributed by atoms with Crippen molar-refractivity contribution in [3.8, 4) is 17.2 Å². The lowest BCUT2D eigenvalue weighted by molar-refractivity contribution is -0.121. The molecule has 0 aromatic heterocycles. The van der Waals surface area contributed by atoms with Crippen LogP contribution >= 0.6 is 0 Å². The average Bonchev–Trinajstić information content (AvgIpc) is 2.77. The summed E-state index contributed by atoms with van der Waals surface area (Å²) in [4.78, 5) is 23.8. The number of anilines is 1. The number of rotatable bonds is 6. The van der Waals surface area contributed by atoms with Crippen molar-refractivity contribution in [2.75, 3.05) is 30.9 Å². The van der Waals surface area contributed by atoms with Crippen molar-refractivity contribution >= 4 is 27.3 Å². The fourth-order valence-electron chi connectivity index (χ4n) is 3.33. The van der Waals surface area contributed by atoms with E-state index in [1.54, 1.807) is 12.1 Å². The predicted octanol–water partition coefficient (Wildman–Crippen LogP) is 1.83. The van der Waals surface area contributed by atoms with Gasteiger partial charge in [0.2, 0.25) is 5.91 Å². The number of fused-ring (bicyclic) bond motifs is 2. The van der Waals surface area contributed by atoms with Crippen molar-refractivity contribution < 1.29 is 32.2 Å². The van der Waals surface area contributed by atoms with Crippen LogP contribution in [0.4, 0.5) is 5.69 Å². The van der Waals surface area contributed by atoms with Gasteiger partial charge in [-0.15, -0.1) is 0 Å². The van der Waals surface area contributed by atoms with Crippen LogP contribution < -0.4 is 24.8 Å². The zero-order valence-corrected chi connectivity index (χ0v) is 17.7. The smallest absolute Gasteiger partial charge is 0.262 e. The lowest BCUT2D eigenvalue weighted by Gasteiger charge is -2.21. The van der Waals surface area contributed by atoms with Gasteiger partial charge in [-0.1, -0.05) is 6.07 Å². The van der Waals surface area contributed by atoms with Crippen LogP contribution in [-0.2, 0) is 19.4 Å². The maximum atomic E-state index is 12.7. The number of hydrogen-bond acceptors (Lipinski definition) is 7. The predicted molar refractivity (Wildman–Crippen MR) is 111 cm³/mol. The van der Waals surface area contributed by atoms with E-state index >= 15 is 0 Å². The normalized spacial score (nSPS) is 15.8. The maximum Gasteiger partial charge on any atom is 0.262 e. The molecule has 0 radical (unpaired) electrons. The highest BCUT2D eigenvalue weighted by Crippen LogP contribution is 2.33. The van der Waals surface area contributed by atoms with Crippen LogP contribution in [0.2, 0.25) is 0 Å². The third kappa shape index (κ3) is 4.74.